The second kappa shape index (κ2) is 14.8. The van der Waals surface area contributed by atoms with Crippen LogP contribution in [0.4, 0.5) is 17.1 Å². The molecule has 0 aliphatic carbocycles. The van der Waals surface area contributed by atoms with Crippen LogP contribution in [0.25, 0.3) is 38.6 Å². The molecule has 9 aromatic carbocycles. The summed E-state index contributed by atoms with van der Waals surface area (Å²) in [5, 5.41) is 7.91. The summed E-state index contributed by atoms with van der Waals surface area (Å²) in [6.45, 7) is 0. The number of rotatable bonds is 9. The number of hydrogen-bond donors (Lipinski definition) is 0. The molecule has 0 aliphatic heterocycles. The highest BCUT2D eigenvalue weighted by atomic mass is 28.3. The molecule has 0 spiro atoms. The first-order valence-electron chi connectivity index (χ1n) is 19.6. The van der Waals surface area contributed by atoms with Gasteiger partial charge in [0.1, 0.15) is 0 Å². The third-order valence-corrected chi connectivity index (χ3v) is 16.1. The second-order valence-corrected chi connectivity index (χ2v) is 18.3. The van der Waals surface area contributed by atoms with Crippen molar-refractivity contribution in [1.29, 1.82) is 0 Å². The van der Waals surface area contributed by atoms with E-state index in [1.165, 1.54) is 53.7 Å². The second-order valence-electron chi connectivity index (χ2n) is 14.5. The van der Waals surface area contributed by atoms with Gasteiger partial charge in [0.2, 0.25) is 0 Å². The summed E-state index contributed by atoms with van der Waals surface area (Å²) in [7, 11) is -2.68. The van der Waals surface area contributed by atoms with Crippen LogP contribution in [0.3, 0.4) is 0 Å². The molecule has 1 heterocycles. The van der Waals surface area contributed by atoms with Gasteiger partial charge in [-0.1, -0.05) is 188 Å². The van der Waals surface area contributed by atoms with Gasteiger partial charge in [-0.3, -0.25) is 0 Å². The molecule has 0 saturated heterocycles. The van der Waals surface area contributed by atoms with Crippen molar-refractivity contribution in [2.24, 2.45) is 0 Å². The summed E-state index contributed by atoms with van der Waals surface area (Å²) in [5.74, 6) is 0. The van der Waals surface area contributed by atoms with E-state index in [9.17, 15) is 0 Å². The van der Waals surface area contributed by atoms with Crippen molar-refractivity contribution in [3.8, 4) is 16.8 Å². The van der Waals surface area contributed by atoms with Gasteiger partial charge in [0.15, 0.2) is 8.07 Å². The van der Waals surface area contributed by atoms with Crippen LogP contribution in [-0.2, 0) is 0 Å². The molecule has 0 atom stereocenters. The van der Waals surface area contributed by atoms with E-state index in [1.54, 1.807) is 0 Å². The van der Waals surface area contributed by atoms with E-state index in [-0.39, 0.29) is 0 Å². The van der Waals surface area contributed by atoms with Crippen LogP contribution in [0.15, 0.2) is 243 Å². The number of aromatic nitrogens is 1. The van der Waals surface area contributed by atoms with Crippen LogP contribution in [0, 0.1) is 0 Å². The molecular formula is C54H40N2Si. The van der Waals surface area contributed by atoms with Crippen molar-refractivity contribution < 1.29 is 0 Å². The minimum absolute atomic E-state index is 1.10. The fourth-order valence-corrected chi connectivity index (χ4v) is 13.5. The standard InChI is InChI=1S/C54H40N2Si/c1-6-18-41(19-7-1)42-30-32-44(33-31-42)55(46-36-39-52-51-28-16-17-29-53(51)56(54(52)40-46)43-20-8-2-9-21-43)45-34-37-50(38-35-45)57(47-22-10-3-11-23-47,48-24-12-4-13-25-48)49-26-14-5-15-27-49/h1-40H. The maximum Gasteiger partial charge on any atom is 0.179 e. The normalized spacial score (nSPS) is 11.5. The van der Waals surface area contributed by atoms with Crippen molar-refractivity contribution in [3.05, 3.63) is 243 Å². The molecule has 1 aromatic heterocycles. The Labute approximate surface area is 335 Å². The monoisotopic (exact) mass is 744 g/mol. The van der Waals surface area contributed by atoms with E-state index in [1.807, 2.05) is 0 Å². The fourth-order valence-electron chi connectivity index (χ4n) is 8.76. The molecule has 2 nitrogen and oxygen atoms in total. The molecule has 0 fully saturated rings. The van der Waals surface area contributed by atoms with E-state index in [2.05, 4.69) is 252 Å². The van der Waals surface area contributed by atoms with E-state index in [0.29, 0.717) is 0 Å². The van der Waals surface area contributed by atoms with Gasteiger partial charge in [0.25, 0.3) is 0 Å². The van der Waals surface area contributed by atoms with Crippen LogP contribution in [0.2, 0.25) is 0 Å². The minimum atomic E-state index is -2.68. The van der Waals surface area contributed by atoms with Gasteiger partial charge in [-0.15, -0.1) is 0 Å². The Morgan fingerprint density at radius 2 is 0.702 bits per heavy atom. The van der Waals surface area contributed by atoms with Gasteiger partial charge in [-0.25, -0.2) is 0 Å². The van der Waals surface area contributed by atoms with Gasteiger partial charge in [-0.05, 0) is 86.5 Å². The van der Waals surface area contributed by atoms with Gasteiger partial charge >= 0.3 is 0 Å². The zero-order valence-corrected chi connectivity index (χ0v) is 32.5. The SMILES string of the molecule is c1ccc(-c2ccc(N(c3ccc([Si](c4ccccc4)(c4ccccc4)c4ccccc4)cc3)c3ccc4c5ccccc5n(-c5ccccc5)c4c3)cc2)cc1. The molecule has 0 aliphatic rings. The number of hydrogen-bond acceptors (Lipinski definition) is 1. The lowest BCUT2D eigenvalue weighted by molar-refractivity contribution is 1.18. The maximum absolute atomic E-state index is 2.68. The number of anilines is 3. The Morgan fingerprint density at radius 3 is 1.26 bits per heavy atom. The molecule has 10 aromatic rings. The lowest BCUT2D eigenvalue weighted by atomic mass is 10.0. The van der Waals surface area contributed by atoms with Crippen LogP contribution >= 0.6 is 0 Å². The van der Waals surface area contributed by atoms with Crippen molar-refractivity contribution in [3.63, 3.8) is 0 Å². The molecule has 10 rings (SSSR count). The molecule has 0 saturated carbocycles. The van der Waals surface area contributed by atoms with Crippen molar-refractivity contribution in [2.75, 3.05) is 4.90 Å². The summed E-state index contributed by atoms with van der Waals surface area (Å²) in [5.41, 5.74) is 9.21. The summed E-state index contributed by atoms with van der Waals surface area (Å²) >= 11 is 0. The van der Waals surface area contributed by atoms with Crippen molar-refractivity contribution in [1.82, 2.24) is 4.57 Å². The van der Waals surface area contributed by atoms with Gasteiger partial charge in [-0.2, -0.15) is 0 Å². The first kappa shape index (κ1) is 34.3. The predicted molar refractivity (Wildman–Crippen MR) is 245 cm³/mol. The highest BCUT2D eigenvalue weighted by Gasteiger charge is 2.41. The Morgan fingerprint density at radius 1 is 0.298 bits per heavy atom. The zero-order chi connectivity index (χ0) is 38.0. The number of fused-ring (bicyclic) bond motifs is 3. The smallest absolute Gasteiger partial charge is 0.179 e. The minimum Gasteiger partial charge on any atom is -0.310 e. The molecule has 57 heavy (non-hydrogen) atoms. The van der Waals surface area contributed by atoms with E-state index in [4.69, 9.17) is 0 Å². The first-order chi connectivity index (χ1) is 28.3. The average molecular weight is 745 g/mol. The molecule has 3 heteroatoms. The van der Waals surface area contributed by atoms with Crippen LogP contribution in [-0.4, -0.2) is 12.6 Å². The number of benzene rings is 9. The largest absolute Gasteiger partial charge is 0.310 e. The Kier molecular flexibility index (Phi) is 8.90. The maximum atomic E-state index is 2.40. The molecule has 0 amide bonds. The van der Waals surface area contributed by atoms with E-state index >= 15 is 0 Å². The highest BCUT2D eigenvalue weighted by Crippen LogP contribution is 2.40. The highest BCUT2D eigenvalue weighted by molar-refractivity contribution is 7.19. The topological polar surface area (TPSA) is 8.17 Å². The van der Waals surface area contributed by atoms with E-state index < -0.39 is 8.07 Å². The van der Waals surface area contributed by atoms with Crippen LogP contribution in [0.1, 0.15) is 0 Å². The van der Waals surface area contributed by atoms with Gasteiger partial charge < -0.3 is 9.47 Å². The molecule has 0 radical (unpaired) electrons. The van der Waals surface area contributed by atoms with Crippen molar-refractivity contribution in [2.45, 2.75) is 0 Å². The lowest BCUT2D eigenvalue weighted by Crippen LogP contribution is -2.74. The molecule has 270 valence electrons. The third-order valence-electron chi connectivity index (χ3n) is 11.3. The molecule has 0 unspecified atom stereocenters. The first-order valence-corrected chi connectivity index (χ1v) is 21.6. The fraction of sp³-hybridized carbons (Fsp3) is 0. The summed E-state index contributed by atoms with van der Waals surface area (Å²) in [6, 6.07) is 88.8. The molecular weight excluding hydrogens is 705 g/mol. The summed E-state index contributed by atoms with van der Waals surface area (Å²) < 4.78 is 2.40. The van der Waals surface area contributed by atoms with Crippen LogP contribution < -0.4 is 25.6 Å². The van der Waals surface area contributed by atoms with Gasteiger partial charge in [0, 0.05) is 33.5 Å². The van der Waals surface area contributed by atoms with Crippen LogP contribution in [0.5, 0.6) is 0 Å². The predicted octanol–water partition coefficient (Wildman–Crippen LogP) is 11.3. The zero-order valence-electron chi connectivity index (χ0n) is 31.5. The van der Waals surface area contributed by atoms with Crippen molar-refractivity contribution >= 4 is 67.7 Å². The Bertz CT molecular complexity index is 2810. The quantitative estimate of drug-likeness (QED) is 0.106. The number of para-hydroxylation sites is 2. The Hall–Kier alpha value is -7.20. The summed E-state index contributed by atoms with van der Waals surface area (Å²) in [4.78, 5) is 2.40. The third kappa shape index (κ3) is 6.06. The van der Waals surface area contributed by atoms with Gasteiger partial charge in [0.05, 0.1) is 11.0 Å². The Balaban J connectivity index is 1.18. The number of nitrogens with zero attached hydrogens (tertiary/aromatic N) is 2. The lowest BCUT2D eigenvalue weighted by Gasteiger charge is -2.35. The summed E-state index contributed by atoms with van der Waals surface area (Å²) in [6.07, 6.45) is 0. The van der Waals surface area contributed by atoms with E-state index in [0.717, 1.165) is 22.7 Å². The average Bonchev–Trinajstić information content (AvgIpc) is 3.63. The molecule has 0 N–H and O–H groups in total. The molecule has 0 bridgehead atoms.